The lowest BCUT2D eigenvalue weighted by atomic mass is 9.95. The number of hydrogen-bond donors (Lipinski definition) is 0. The highest BCUT2D eigenvalue weighted by molar-refractivity contribution is 6.19. The highest BCUT2D eigenvalue weighted by atomic mass is 15.0. The number of nitrogens with zero attached hydrogens (tertiary/aromatic N) is 6. The van der Waals surface area contributed by atoms with Crippen LogP contribution in [0.4, 0.5) is 0 Å². The van der Waals surface area contributed by atoms with E-state index in [0.29, 0.717) is 17.5 Å². The highest BCUT2D eigenvalue weighted by Crippen LogP contribution is 2.42. The third-order valence-electron chi connectivity index (χ3n) is 11.8. The smallest absolute Gasteiger partial charge is 0.164 e. The number of aromatic nitrogens is 6. The van der Waals surface area contributed by atoms with E-state index in [9.17, 15) is 0 Å². The third-order valence-corrected chi connectivity index (χ3v) is 11.8. The van der Waals surface area contributed by atoms with E-state index >= 15 is 0 Å². The SMILES string of the molecule is c1ccc(-c2nc(-c3ccccc3)nc(-c3cccc(-c4cccc5c4nc(-c4ccccc4)c4ccn6c(-c7ccc8ccccc8c7)c(-c7ccccc7)nc6c45)c3)n2)cc1. The van der Waals surface area contributed by atoms with Gasteiger partial charge in [0.15, 0.2) is 17.5 Å². The Hall–Kier alpha value is -8.61. The van der Waals surface area contributed by atoms with E-state index < -0.39 is 0 Å². The van der Waals surface area contributed by atoms with Gasteiger partial charge in [0.25, 0.3) is 0 Å². The average Bonchev–Trinajstić information content (AvgIpc) is 3.77. The van der Waals surface area contributed by atoms with Crippen LogP contribution in [0, 0.1) is 0 Å². The number of hydrogen-bond acceptors (Lipinski definition) is 5. The van der Waals surface area contributed by atoms with Gasteiger partial charge in [0, 0.05) is 61.3 Å². The molecule has 4 heterocycles. The van der Waals surface area contributed by atoms with Gasteiger partial charge in [0.05, 0.1) is 22.6 Å². The number of rotatable bonds is 7. The van der Waals surface area contributed by atoms with Gasteiger partial charge >= 0.3 is 0 Å². The number of para-hydroxylation sites is 1. The normalized spacial score (nSPS) is 11.5. The highest BCUT2D eigenvalue weighted by Gasteiger charge is 2.23. The Balaban J connectivity index is 1.11. The van der Waals surface area contributed by atoms with Crippen molar-refractivity contribution in [2.24, 2.45) is 0 Å². The molecule has 0 amide bonds. The Morgan fingerprint density at radius 2 is 0.857 bits per heavy atom. The molecule has 294 valence electrons. The van der Waals surface area contributed by atoms with Gasteiger partial charge in [0.2, 0.25) is 0 Å². The van der Waals surface area contributed by atoms with Gasteiger partial charge < -0.3 is 0 Å². The topological polar surface area (TPSA) is 68.9 Å². The average molecular weight is 805 g/mol. The van der Waals surface area contributed by atoms with E-state index in [0.717, 1.165) is 88.9 Å². The Kier molecular flexibility index (Phi) is 8.71. The summed E-state index contributed by atoms with van der Waals surface area (Å²) in [4.78, 5) is 26.2. The molecule has 12 aromatic rings. The first-order valence-corrected chi connectivity index (χ1v) is 21.1. The van der Waals surface area contributed by atoms with Gasteiger partial charge in [-0.1, -0.05) is 194 Å². The number of fused-ring (bicyclic) bond motifs is 6. The van der Waals surface area contributed by atoms with Crippen molar-refractivity contribution in [3.05, 3.63) is 219 Å². The molecule has 6 heteroatoms. The molecule has 0 spiro atoms. The molecule has 0 aliphatic heterocycles. The van der Waals surface area contributed by atoms with Crippen LogP contribution in [0.3, 0.4) is 0 Å². The summed E-state index contributed by atoms with van der Waals surface area (Å²) in [5.74, 6) is 1.84. The standard InChI is InChI=1S/C57H36N6/c1-5-18-38(19-6-1)50-48-33-34-63-53(44-32-31-37-17-13-14-26-42(37)35-44)51(39-20-7-2-8-21-39)59-57(63)49(48)47-30-16-29-46(52(47)58-50)43-27-15-28-45(36-43)56-61-54(40-22-9-3-10-23-40)60-55(62-56)41-24-11-4-12-25-41/h1-36H. The monoisotopic (exact) mass is 804 g/mol. The molecule has 0 unspecified atom stereocenters. The summed E-state index contributed by atoms with van der Waals surface area (Å²) in [6.07, 6.45) is 2.16. The van der Waals surface area contributed by atoms with Crippen molar-refractivity contribution in [1.82, 2.24) is 29.3 Å². The zero-order valence-electron chi connectivity index (χ0n) is 34.0. The van der Waals surface area contributed by atoms with Crippen molar-refractivity contribution in [3.63, 3.8) is 0 Å². The van der Waals surface area contributed by atoms with Gasteiger partial charge in [-0.05, 0) is 34.5 Å². The van der Waals surface area contributed by atoms with E-state index in [1.807, 2.05) is 66.7 Å². The lowest BCUT2D eigenvalue weighted by Gasteiger charge is -2.15. The summed E-state index contributed by atoms with van der Waals surface area (Å²) in [6.45, 7) is 0. The molecule has 0 saturated heterocycles. The van der Waals surface area contributed by atoms with Crippen molar-refractivity contribution in [2.75, 3.05) is 0 Å². The van der Waals surface area contributed by atoms with E-state index in [1.54, 1.807) is 0 Å². The number of benzene rings is 8. The van der Waals surface area contributed by atoms with Crippen molar-refractivity contribution in [3.8, 4) is 79.1 Å². The molecule has 0 aliphatic rings. The molecule has 0 aliphatic carbocycles. The molecular weight excluding hydrogens is 769 g/mol. The van der Waals surface area contributed by atoms with E-state index in [1.165, 1.54) is 10.8 Å². The van der Waals surface area contributed by atoms with Crippen molar-refractivity contribution < 1.29 is 0 Å². The maximum absolute atomic E-state index is 5.59. The summed E-state index contributed by atoms with van der Waals surface area (Å²) in [7, 11) is 0. The Morgan fingerprint density at radius 3 is 1.52 bits per heavy atom. The first kappa shape index (κ1) is 36.3. The number of pyridine rings is 2. The molecule has 4 aromatic heterocycles. The minimum atomic E-state index is 0.599. The van der Waals surface area contributed by atoms with Gasteiger partial charge in [-0.2, -0.15) is 0 Å². The lowest BCUT2D eigenvalue weighted by molar-refractivity contribution is 1.07. The Labute approximate surface area is 363 Å². The quantitative estimate of drug-likeness (QED) is 0.150. The van der Waals surface area contributed by atoms with Crippen LogP contribution in [0.1, 0.15) is 0 Å². The molecule has 0 saturated carbocycles. The van der Waals surface area contributed by atoms with Gasteiger partial charge in [-0.25, -0.2) is 24.9 Å². The summed E-state index contributed by atoms with van der Waals surface area (Å²) in [6, 6.07) is 73.5. The summed E-state index contributed by atoms with van der Waals surface area (Å²) < 4.78 is 2.27. The lowest BCUT2D eigenvalue weighted by Crippen LogP contribution is -2.00. The minimum absolute atomic E-state index is 0.599. The molecule has 0 N–H and O–H groups in total. The molecule has 6 nitrogen and oxygen atoms in total. The first-order valence-electron chi connectivity index (χ1n) is 21.1. The van der Waals surface area contributed by atoms with Crippen molar-refractivity contribution in [2.45, 2.75) is 0 Å². The predicted molar refractivity (Wildman–Crippen MR) is 257 cm³/mol. The molecule has 0 bridgehead atoms. The Morgan fingerprint density at radius 1 is 0.317 bits per heavy atom. The van der Waals surface area contributed by atoms with Crippen LogP contribution in [-0.4, -0.2) is 29.3 Å². The van der Waals surface area contributed by atoms with Crippen LogP contribution in [0.5, 0.6) is 0 Å². The maximum Gasteiger partial charge on any atom is 0.164 e. The van der Waals surface area contributed by atoms with Crippen LogP contribution in [0.15, 0.2) is 219 Å². The van der Waals surface area contributed by atoms with Gasteiger partial charge in [-0.15, -0.1) is 0 Å². The van der Waals surface area contributed by atoms with Gasteiger partial charge in [0.1, 0.15) is 5.65 Å². The van der Waals surface area contributed by atoms with Crippen LogP contribution in [0.2, 0.25) is 0 Å². The largest absolute Gasteiger partial charge is 0.298 e. The van der Waals surface area contributed by atoms with E-state index in [4.69, 9.17) is 24.9 Å². The van der Waals surface area contributed by atoms with Gasteiger partial charge in [-0.3, -0.25) is 4.40 Å². The number of imidazole rings is 1. The maximum atomic E-state index is 5.59. The van der Waals surface area contributed by atoms with Crippen molar-refractivity contribution >= 4 is 38.1 Å². The molecule has 0 fully saturated rings. The fourth-order valence-electron chi connectivity index (χ4n) is 8.83. The third kappa shape index (κ3) is 6.40. The summed E-state index contributed by atoms with van der Waals surface area (Å²) in [5.41, 5.74) is 12.6. The molecule has 63 heavy (non-hydrogen) atoms. The fourth-order valence-corrected chi connectivity index (χ4v) is 8.83. The zero-order chi connectivity index (χ0) is 41.7. The Bertz CT molecular complexity index is 3600. The molecule has 8 aromatic carbocycles. The zero-order valence-corrected chi connectivity index (χ0v) is 34.0. The molecular formula is C57H36N6. The summed E-state index contributed by atoms with van der Waals surface area (Å²) >= 11 is 0. The van der Waals surface area contributed by atoms with Crippen LogP contribution >= 0.6 is 0 Å². The first-order chi connectivity index (χ1) is 31.2. The molecule has 0 atom stereocenters. The minimum Gasteiger partial charge on any atom is -0.298 e. The van der Waals surface area contributed by atoms with Crippen LogP contribution < -0.4 is 0 Å². The predicted octanol–water partition coefficient (Wildman–Crippen LogP) is 14.0. The fraction of sp³-hybridized carbons (Fsp3) is 0. The van der Waals surface area contributed by atoms with Crippen LogP contribution in [-0.2, 0) is 0 Å². The van der Waals surface area contributed by atoms with E-state index in [-0.39, 0.29) is 0 Å². The second kappa shape index (κ2) is 15.1. The second-order valence-electron chi connectivity index (χ2n) is 15.7. The summed E-state index contributed by atoms with van der Waals surface area (Å²) in [5, 5.41) is 5.48. The van der Waals surface area contributed by atoms with Crippen molar-refractivity contribution in [1.29, 1.82) is 0 Å². The van der Waals surface area contributed by atoms with E-state index in [2.05, 4.69) is 156 Å². The molecule has 12 rings (SSSR count). The second-order valence-corrected chi connectivity index (χ2v) is 15.7. The molecule has 0 radical (unpaired) electrons. The van der Waals surface area contributed by atoms with Crippen LogP contribution in [0.25, 0.3) is 117 Å².